The smallest absolute Gasteiger partial charge is 0.338 e. The van der Waals surface area contributed by atoms with Crippen LogP contribution in [0, 0.1) is 0 Å². The maximum atomic E-state index is 12.7. The minimum absolute atomic E-state index is 0.0734. The van der Waals surface area contributed by atoms with Crippen LogP contribution in [0.15, 0.2) is 72.8 Å². The number of carbonyl (C=O) groups excluding carboxylic acids is 5. The maximum absolute atomic E-state index is 12.7. The summed E-state index contributed by atoms with van der Waals surface area (Å²) in [6.07, 6.45) is 0. The number of hydrogen-bond acceptors (Lipinski definition) is 7. The fourth-order valence-corrected chi connectivity index (χ4v) is 3.41. The Kier molecular flexibility index (Phi) is 6.18. The molecule has 0 spiro atoms. The number of imide groups is 1. The van der Waals surface area contributed by atoms with Gasteiger partial charge in [-0.05, 0) is 54.6 Å². The van der Waals surface area contributed by atoms with Gasteiger partial charge in [-0.25, -0.2) is 14.5 Å². The standard InChI is InChI=1S/C25H18N2O7/c1-33-24(31)15-9-11-17(12-10-15)26-21(28)14-34-25(32)16-5-4-6-18(13-16)27-22(29)19-7-2-3-8-20(19)23(27)30/h2-13H,14H2,1H3,(H,26,28). The lowest BCUT2D eigenvalue weighted by atomic mass is 10.1. The molecule has 3 aromatic carbocycles. The minimum Gasteiger partial charge on any atom is -0.465 e. The first-order valence-electron chi connectivity index (χ1n) is 10.1. The minimum atomic E-state index is -0.797. The molecule has 170 valence electrons. The Bertz CT molecular complexity index is 1280. The van der Waals surface area contributed by atoms with Gasteiger partial charge in [0.05, 0.1) is 35.1 Å². The van der Waals surface area contributed by atoms with E-state index in [0.717, 1.165) is 4.90 Å². The van der Waals surface area contributed by atoms with Crippen LogP contribution in [-0.4, -0.2) is 43.4 Å². The molecule has 0 atom stereocenters. The van der Waals surface area contributed by atoms with E-state index in [1.54, 1.807) is 24.3 Å². The van der Waals surface area contributed by atoms with Crippen molar-refractivity contribution in [2.24, 2.45) is 0 Å². The Morgan fingerprint density at radius 1 is 0.794 bits per heavy atom. The molecular weight excluding hydrogens is 440 g/mol. The molecule has 0 bridgehead atoms. The fourth-order valence-electron chi connectivity index (χ4n) is 3.41. The first-order valence-corrected chi connectivity index (χ1v) is 10.1. The number of amides is 3. The van der Waals surface area contributed by atoms with Crippen molar-refractivity contribution in [2.75, 3.05) is 23.9 Å². The van der Waals surface area contributed by atoms with E-state index in [1.165, 1.54) is 55.6 Å². The van der Waals surface area contributed by atoms with Gasteiger partial charge >= 0.3 is 11.9 Å². The molecule has 1 heterocycles. The van der Waals surface area contributed by atoms with E-state index >= 15 is 0 Å². The molecule has 0 unspecified atom stereocenters. The van der Waals surface area contributed by atoms with Crippen molar-refractivity contribution < 1.29 is 33.4 Å². The van der Waals surface area contributed by atoms with Gasteiger partial charge < -0.3 is 14.8 Å². The molecule has 3 amide bonds. The molecule has 0 aliphatic carbocycles. The number of carbonyl (C=O) groups is 5. The van der Waals surface area contributed by atoms with Crippen molar-refractivity contribution >= 4 is 41.0 Å². The summed E-state index contributed by atoms with van der Waals surface area (Å²) in [6.45, 7) is -0.561. The zero-order chi connectivity index (χ0) is 24.2. The normalized spacial score (nSPS) is 12.2. The highest BCUT2D eigenvalue weighted by Crippen LogP contribution is 2.28. The van der Waals surface area contributed by atoms with Crippen molar-refractivity contribution in [1.29, 1.82) is 0 Å². The first-order chi connectivity index (χ1) is 16.4. The van der Waals surface area contributed by atoms with Crippen LogP contribution in [0.1, 0.15) is 41.4 Å². The summed E-state index contributed by atoms with van der Waals surface area (Å²) >= 11 is 0. The van der Waals surface area contributed by atoms with Gasteiger partial charge in [0.1, 0.15) is 0 Å². The van der Waals surface area contributed by atoms with Gasteiger partial charge in [-0.2, -0.15) is 0 Å². The van der Waals surface area contributed by atoms with Crippen LogP contribution in [0.5, 0.6) is 0 Å². The van der Waals surface area contributed by atoms with E-state index in [2.05, 4.69) is 10.1 Å². The molecule has 1 N–H and O–H groups in total. The molecule has 0 aromatic heterocycles. The maximum Gasteiger partial charge on any atom is 0.338 e. The summed E-state index contributed by atoms with van der Waals surface area (Å²) in [6, 6.07) is 18.3. The van der Waals surface area contributed by atoms with Crippen molar-refractivity contribution in [3.63, 3.8) is 0 Å². The monoisotopic (exact) mass is 458 g/mol. The molecule has 0 saturated carbocycles. The van der Waals surface area contributed by atoms with Gasteiger partial charge in [0.2, 0.25) is 0 Å². The summed E-state index contributed by atoms with van der Waals surface area (Å²) in [5.41, 5.74) is 1.60. The van der Waals surface area contributed by atoms with E-state index in [9.17, 15) is 24.0 Å². The van der Waals surface area contributed by atoms with E-state index in [4.69, 9.17) is 4.74 Å². The van der Waals surface area contributed by atoms with E-state index in [-0.39, 0.29) is 22.4 Å². The van der Waals surface area contributed by atoms with Crippen molar-refractivity contribution in [1.82, 2.24) is 0 Å². The van der Waals surface area contributed by atoms with Crippen LogP contribution in [0.2, 0.25) is 0 Å². The Balaban J connectivity index is 1.38. The van der Waals surface area contributed by atoms with Crippen molar-refractivity contribution in [3.05, 3.63) is 95.1 Å². The number of fused-ring (bicyclic) bond motifs is 1. The molecule has 0 saturated heterocycles. The Morgan fingerprint density at radius 3 is 2.06 bits per heavy atom. The number of esters is 2. The second-order valence-corrected chi connectivity index (χ2v) is 7.23. The summed E-state index contributed by atoms with van der Waals surface area (Å²) in [7, 11) is 1.27. The van der Waals surface area contributed by atoms with E-state index in [1.807, 2.05) is 0 Å². The zero-order valence-electron chi connectivity index (χ0n) is 17.9. The summed E-state index contributed by atoms with van der Waals surface area (Å²) < 4.78 is 9.67. The SMILES string of the molecule is COC(=O)c1ccc(NC(=O)COC(=O)c2cccc(N3C(=O)c4ccccc4C3=O)c2)cc1. The third-order valence-electron chi connectivity index (χ3n) is 5.06. The first kappa shape index (κ1) is 22.4. The Labute approximate surface area is 193 Å². The number of ether oxygens (including phenoxy) is 2. The van der Waals surface area contributed by atoms with Crippen LogP contribution in [0.4, 0.5) is 11.4 Å². The fraction of sp³-hybridized carbons (Fsp3) is 0.0800. The van der Waals surface area contributed by atoms with Gasteiger partial charge in [-0.3, -0.25) is 14.4 Å². The molecule has 3 aromatic rings. The number of nitrogens with one attached hydrogen (secondary N) is 1. The third kappa shape index (κ3) is 4.40. The van der Waals surface area contributed by atoms with Crippen LogP contribution in [-0.2, 0) is 14.3 Å². The van der Waals surface area contributed by atoms with Crippen LogP contribution in [0.3, 0.4) is 0 Å². The molecule has 1 aliphatic heterocycles. The molecule has 4 rings (SSSR count). The van der Waals surface area contributed by atoms with Gasteiger partial charge in [-0.15, -0.1) is 0 Å². The van der Waals surface area contributed by atoms with Gasteiger partial charge in [0, 0.05) is 5.69 Å². The lowest BCUT2D eigenvalue weighted by Crippen LogP contribution is -2.29. The number of rotatable bonds is 6. The van der Waals surface area contributed by atoms with E-state index in [0.29, 0.717) is 11.3 Å². The zero-order valence-corrected chi connectivity index (χ0v) is 17.9. The topological polar surface area (TPSA) is 119 Å². The predicted octanol–water partition coefficient (Wildman–Crippen LogP) is 3.07. The van der Waals surface area contributed by atoms with Crippen LogP contribution in [0.25, 0.3) is 0 Å². The summed E-state index contributed by atoms with van der Waals surface area (Å²) in [5.74, 6) is -2.85. The van der Waals surface area contributed by atoms with Crippen LogP contribution >= 0.6 is 0 Å². The number of anilines is 2. The van der Waals surface area contributed by atoms with Crippen molar-refractivity contribution in [3.8, 4) is 0 Å². The van der Waals surface area contributed by atoms with Gasteiger partial charge in [0.25, 0.3) is 17.7 Å². The highest BCUT2D eigenvalue weighted by molar-refractivity contribution is 6.34. The second kappa shape index (κ2) is 9.37. The molecule has 34 heavy (non-hydrogen) atoms. The highest BCUT2D eigenvalue weighted by Gasteiger charge is 2.36. The Morgan fingerprint density at radius 2 is 1.44 bits per heavy atom. The summed E-state index contributed by atoms with van der Waals surface area (Å²) in [5, 5.41) is 2.54. The average molecular weight is 458 g/mol. The molecular formula is C25H18N2O7. The highest BCUT2D eigenvalue weighted by atomic mass is 16.5. The van der Waals surface area contributed by atoms with Gasteiger partial charge in [0.15, 0.2) is 6.61 Å². The average Bonchev–Trinajstić information content (AvgIpc) is 3.12. The quantitative estimate of drug-likeness (QED) is 0.445. The molecule has 9 heteroatoms. The molecule has 9 nitrogen and oxygen atoms in total. The van der Waals surface area contributed by atoms with Crippen molar-refractivity contribution in [2.45, 2.75) is 0 Å². The van der Waals surface area contributed by atoms with Crippen LogP contribution < -0.4 is 10.2 Å². The number of methoxy groups -OCH3 is 1. The van der Waals surface area contributed by atoms with Gasteiger partial charge in [-0.1, -0.05) is 18.2 Å². The number of hydrogen-bond donors (Lipinski definition) is 1. The lowest BCUT2D eigenvalue weighted by Gasteiger charge is -2.15. The largest absolute Gasteiger partial charge is 0.465 e. The molecule has 0 fully saturated rings. The number of nitrogens with zero attached hydrogens (tertiary/aromatic N) is 1. The second-order valence-electron chi connectivity index (χ2n) is 7.23. The Hall–Kier alpha value is -4.79. The van der Waals surface area contributed by atoms with E-state index < -0.39 is 36.3 Å². The molecule has 0 radical (unpaired) electrons. The number of benzene rings is 3. The summed E-state index contributed by atoms with van der Waals surface area (Å²) in [4.78, 5) is 62.4. The molecule has 1 aliphatic rings. The third-order valence-corrected chi connectivity index (χ3v) is 5.06. The lowest BCUT2D eigenvalue weighted by molar-refractivity contribution is -0.119. The predicted molar refractivity (Wildman–Crippen MR) is 121 cm³/mol.